The van der Waals surface area contributed by atoms with Crippen LogP contribution in [0, 0.1) is 47.3 Å². The van der Waals surface area contributed by atoms with Gasteiger partial charge in [0.05, 0.1) is 24.2 Å². The molecule has 396 valence electrons. The van der Waals surface area contributed by atoms with E-state index >= 15 is 0 Å². The fourth-order valence-electron chi connectivity index (χ4n) is 21.1. The van der Waals surface area contributed by atoms with E-state index in [4.69, 9.17) is 0 Å². The van der Waals surface area contributed by atoms with Crippen LogP contribution in [0.15, 0.2) is 170 Å². The molecule has 77 heavy (non-hydrogen) atoms. The largest absolute Gasteiger partial charge is 0.361 e. The van der Waals surface area contributed by atoms with E-state index in [0.29, 0.717) is 66.2 Å². The summed E-state index contributed by atoms with van der Waals surface area (Å²) in [6, 6.07) is 71.6. The minimum atomic E-state index is 0.495. The molecule has 16 rings (SSSR count). The van der Waals surface area contributed by atoms with Gasteiger partial charge in [0.2, 0.25) is 0 Å². The van der Waals surface area contributed by atoms with Crippen molar-refractivity contribution in [2.45, 2.75) is 176 Å². The number of anilines is 4. The first kappa shape index (κ1) is 47.3. The standard InChI is InChI=1S/C72H83N5/c1-5-23-48(24-6-1)73-65-37-19-20-38-66(65)75(50-27-9-3-10-28-50)71-46-61-55-42-41-52(77-63-35-17-15-33-56(63)57-34-16-18-36-64(57)77)43-58(55)62-47-72-70(45-60(62)54-32-14-13-31-53(54)59(61)44-69(71)73)74(49-25-7-2-8-26-49)67-39-21-22-40-68(67)76(72)51-29-11-4-12-30-51/h1-12,15-18,23-30,33-36,52-55,58-62,65-72H,13-14,19-22,31-32,37-47H2. The van der Waals surface area contributed by atoms with Crippen LogP contribution in [-0.2, 0) is 0 Å². The summed E-state index contributed by atoms with van der Waals surface area (Å²) in [5, 5.41) is 2.88. The minimum absolute atomic E-state index is 0.495. The quantitative estimate of drug-likeness (QED) is 0.160. The van der Waals surface area contributed by atoms with E-state index < -0.39 is 0 Å². The van der Waals surface area contributed by atoms with Gasteiger partial charge in [-0.05, 0) is 191 Å². The predicted molar refractivity (Wildman–Crippen MR) is 320 cm³/mol. The minimum Gasteiger partial charge on any atom is -0.361 e. The Morgan fingerprint density at radius 3 is 0.883 bits per heavy atom. The Labute approximate surface area is 460 Å². The summed E-state index contributed by atoms with van der Waals surface area (Å²) >= 11 is 0. The molecule has 17 unspecified atom stereocenters. The lowest BCUT2D eigenvalue weighted by Gasteiger charge is -2.67. The van der Waals surface area contributed by atoms with E-state index in [2.05, 4.69) is 194 Å². The highest BCUT2D eigenvalue weighted by Crippen LogP contribution is 2.64. The molecule has 2 aliphatic heterocycles. The van der Waals surface area contributed by atoms with Crippen LogP contribution in [0.3, 0.4) is 0 Å². The average Bonchev–Trinajstić information content (AvgIpc) is 3.86. The van der Waals surface area contributed by atoms with Crippen molar-refractivity contribution in [3.8, 4) is 0 Å². The lowest BCUT2D eigenvalue weighted by molar-refractivity contribution is -0.0978. The molecule has 0 radical (unpaired) electrons. The van der Waals surface area contributed by atoms with Crippen LogP contribution in [0.1, 0.15) is 128 Å². The molecular weight excluding hydrogens is 935 g/mol. The van der Waals surface area contributed by atoms with Crippen LogP contribution in [-0.4, -0.2) is 52.9 Å². The molecule has 0 bridgehead atoms. The third-order valence-electron chi connectivity index (χ3n) is 23.5. The van der Waals surface area contributed by atoms with Crippen molar-refractivity contribution < 1.29 is 0 Å². The summed E-state index contributed by atoms with van der Waals surface area (Å²) in [5.74, 6) is 6.00. The summed E-state index contributed by atoms with van der Waals surface area (Å²) in [6.45, 7) is 0. The Balaban J connectivity index is 0.874. The average molecular weight is 1020 g/mol. The van der Waals surface area contributed by atoms with Gasteiger partial charge in [-0.2, -0.15) is 0 Å². The first-order chi connectivity index (χ1) is 38.2. The fraction of sp³-hybridized carbons (Fsp3) is 0.500. The molecule has 9 aliphatic rings. The van der Waals surface area contributed by atoms with E-state index in [1.54, 1.807) is 0 Å². The molecular formula is C72H83N5. The first-order valence-corrected chi connectivity index (χ1v) is 31.6. The maximum absolute atomic E-state index is 3.12. The zero-order valence-corrected chi connectivity index (χ0v) is 45.7. The molecule has 0 spiro atoms. The highest BCUT2D eigenvalue weighted by molar-refractivity contribution is 6.08. The Hall–Kier alpha value is -5.68. The Morgan fingerprint density at radius 2 is 0.519 bits per heavy atom. The monoisotopic (exact) mass is 1020 g/mol. The number of fused-ring (bicyclic) bond motifs is 15. The fourth-order valence-corrected chi connectivity index (χ4v) is 21.1. The molecule has 7 aromatic rings. The van der Waals surface area contributed by atoms with Crippen LogP contribution in [0.4, 0.5) is 22.7 Å². The predicted octanol–water partition coefficient (Wildman–Crippen LogP) is 16.8. The van der Waals surface area contributed by atoms with Crippen molar-refractivity contribution in [1.29, 1.82) is 0 Å². The number of rotatable bonds is 5. The molecule has 17 atom stereocenters. The molecule has 9 fully saturated rings. The van der Waals surface area contributed by atoms with Crippen LogP contribution in [0.5, 0.6) is 0 Å². The van der Waals surface area contributed by atoms with Crippen molar-refractivity contribution in [1.82, 2.24) is 4.57 Å². The molecule has 6 aromatic carbocycles. The summed E-state index contributed by atoms with van der Waals surface area (Å²) in [6.07, 6.45) is 25.8. The number of nitrogens with zero attached hydrogens (tertiary/aromatic N) is 5. The summed E-state index contributed by atoms with van der Waals surface area (Å²) < 4.78 is 2.90. The number of benzene rings is 6. The molecule has 3 heterocycles. The number of hydrogen-bond acceptors (Lipinski definition) is 4. The molecule has 7 saturated carbocycles. The molecule has 7 aliphatic carbocycles. The molecule has 0 N–H and O–H groups in total. The third kappa shape index (κ3) is 7.71. The zero-order chi connectivity index (χ0) is 50.6. The smallest absolute Gasteiger partial charge is 0.0500 e. The van der Waals surface area contributed by atoms with Crippen LogP contribution in [0.2, 0.25) is 0 Å². The second-order valence-electron chi connectivity index (χ2n) is 26.5. The van der Waals surface area contributed by atoms with E-state index in [1.807, 2.05) is 0 Å². The molecule has 2 saturated heterocycles. The van der Waals surface area contributed by atoms with Crippen LogP contribution < -0.4 is 19.6 Å². The van der Waals surface area contributed by atoms with Gasteiger partial charge < -0.3 is 24.2 Å². The normalized spacial score (nSPS) is 36.6. The van der Waals surface area contributed by atoms with Gasteiger partial charge in [-0.15, -0.1) is 0 Å². The number of piperazine rings is 2. The Bertz CT molecular complexity index is 3050. The summed E-state index contributed by atoms with van der Waals surface area (Å²) in [7, 11) is 0. The SMILES string of the molecule is c1ccc(N2C3CCCCC3N(c3ccccc3)C3CC4C5CCC(n6c7ccccc7c7ccccc76)CC5C5CC6C(CC5C5CCCCC5C4CC32)N(c2ccccc2)C2CCCCC2N6c2ccccc2)cc1. The van der Waals surface area contributed by atoms with Crippen molar-refractivity contribution in [2.75, 3.05) is 19.6 Å². The summed E-state index contributed by atoms with van der Waals surface area (Å²) in [5.41, 5.74) is 8.92. The number of hydrogen-bond donors (Lipinski definition) is 0. The highest BCUT2D eigenvalue weighted by Gasteiger charge is 2.62. The highest BCUT2D eigenvalue weighted by atomic mass is 15.4. The third-order valence-corrected chi connectivity index (χ3v) is 23.5. The van der Waals surface area contributed by atoms with Gasteiger partial charge in [0.25, 0.3) is 0 Å². The molecule has 0 amide bonds. The Kier molecular flexibility index (Phi) is 12.0. The van der Waals surface area contributed by atoms with Crippen LogP contribution >= 0.6 is 0 Å². The zero-order valence-electron chi connectivity index (χ0n) is 45.7. The van der Waals surface area contributed by atoms with Crippen molar-refractivity contribution in [3.05, 3.63) is 170 Å². The van der Waals surface area contributed by atoms with Gasteiger partial charge in [-0.25, -0.2) is 0 Å². The van der Waals surface area contributed by atoms with E-state index in [9.17, 15) is 0 Å². The van der Waals surface area contributed by atoms with Gasteiger partial charge >= 0.3 is 0 Å². The van der Waals surface area contributed by atoms with Crippen molar-refractivity contribution >= 4 is 44.6 Å². The number of aromatic nitrogens is 1. The van der Waals surface area contributed by atoms with Gasteiger partial charge in [-0.3, -0.25) is 0 Å². The maximum atomic E-state index is 3.12. The van der Waals surface area contributed by atoms with Gasteiger partial charge in [0.1, 0.15) is 0 Å². The second-order valence-corrected chi connectivity index (χ2v) is 26.5. The lowest BCUT2D eigenvalue weighted by Crippen LogP contribution is -2.73. The van der Waals surface area contributed by atoms with E-state index in [-0.39, 0.29) is 0 Å². The molecule has 5 heteroatoms. The topological polar surface area (TPSA) is 17.9 Å². The molecule has 5 nitrogen and oxygen atoms in total. The second kappa shape index (κ2) is 19.6. The van der Waals surface area contributed by atoms with Crippen molar-refractivity contribution in [2.24, 2.45) is 47.3 Å². The Morgan fingerprint density at radius 1 is 0.234 bits per heavy atom. The van der Waals surface area contributed by atoms with Gasteiger partial charge in [0, 0.05) is 74.8 Å². The first-order valence-electron chi connectivity index (χ1n) is 31.6. The van der Waals surface area contributed by atoms with Crippen molar-refractivity contribution in [3.63, 3.8) is 0 Å². The van der Waals surface area contributed by atoms with Crippen LogP contribution in [0.25, 0.3) is 21.8 Å². The van der Waals surface area contributed by atoms with Gasteiger partial charge in [-0.1, -0.05) is 148 Å². The van der Waals surface area contributed by atoms with E-state index in [0.717, 1.165) is 35.5 Å². The maximum Gasteiger partial charge on any atom is 0.0500 e. The number of para-hydroxylation sites is 6. The van der Waals surface area contributed by atoms with Gasteiger partial charge in [0.15, 0.2) is 0 Å². The van der Waals surface area contributed by atoms with E-state index in [1.165, 1.54) is 167 Å². The molecule has 1 aromatic heterocycles. The summed E-state index contributed by atoms with van der Waals surface area (Å²) in [4.78, 5) is 12.5. The lowest BCUT2D eigenvalue weighted by atomic mass is 9.46.